The Morgan fingerprint density at radius 1 is 1.20 bits per heavy atom. The molecular formula is C13H21ClFN5. The van der Waals surface area contributed by atoms with Crippen LogP contribution >= 0.6 is 12.4 Å². The average molecular weight is 302 g/mol. The van der Waals surface area contributed by atoms with Crippen LogP contribution in [-0.4, -0.2) is 26.2 Å². The maximum Gasteiger partial charge on any atom is 0.109 e. The van der Waals surface area contributed by atoms with Crippen molar-refractivity contribution in [2.45, 2.75) is 40.4 Å². The molecule has 0 atom stereocenters. The van der Waals surface area contributed by atoms with Crippen molar-refractivity contribution in [3.63, 3.8) is 0 Å². The number of anilines is 1. The second kappa shape index (κ2) is 7.28. The minimum Gasteiger partial charge on any atom is -0.377 e. The van der Waals surface area contributed by atoms with E-state index in [2.05, 4.69) is 29.4 Å². The molecule has 2 aromatic rings. The van der Waals surface area contributed by atoms with E-state index in [1.165, 1.54) is 11.3 Å². The summed E-state index contributed by atoms with van der Waals surface area (Å²) in [5.41, 5.74) is 4.23. The van der Waals surface area contributed by atoms with Crippen molar-refractivity contribution in [2.24, 2.45) is 0 Å². The Balaban J connectivity index is 0.00000200. The van der Waals surface area contributed by atoms with E-state index in [4.69, 9.17) is 0 Å². The number of hydrogen-bond donors (Lipinski definition) is 1. The lowest BCUT2D eigenvalue weighted by atomic mass is 10.2. The number of aromatic nitrogens is 4. The molecule has 0 spiro atoms. The molecular weight excluding hydrogens is 281 g/mol. The van der Waals surface area contributed by atoms with Crippen LogP contribution in [0.25, 0.3) is 0 Å². The average Bonchev–Trinajstić information content (AvgIpc) is 2.93. The fraction of sp³-hybridized carbons (Fsp3) is 0.538. The number of halogens is 2. The molecule has 0 amide bonds. The summed E-state index contributed by atoms with van der Waals surface area (Å²) in [7, 11) is 0. The predicted octanol–water partition coefficient (Wildman–Crippen LogP) is 2.72. The maximum absolute atomic E-state index is 12.3. The molecule has 0 bridgehead atoms. The van der Waals surface area contributed by atoms with Gasteiger partial charge in [0.15, 0.2) is 0 Å². The molecule has 0 aromatic carbocycles. The van der Waals surface area contributed by atoms with Crippen LogP contribution in [-0.2, 0) is 19.6 Å². The van der Waals surface area contributed by atoms with Gasteiger partial charge in [0.2, 0.25) is 0 Å². The smallest absolute Gasteiger partial charge is 0.109 e. The topological polar surface area (TPSA) is 47.7 Å². The number of nitrogens with zero attached hydrogens (tertiary/aromatic N) is 4. The van der Waals surface area contributed by atoms with Gasteiger partial charge in [-0.3, -0.25) is 9.36 Å². The largest absolute Gasteiger partial charge is 0.377 e. The highest BCUT2D eigenvalue weighted by molar-refractivity contribution is 5.85. The fourth-order valence-corrected chi connectivity index (χ4v) is 2.11. The summed E-state index contributed by atoms with van der Waals surface area (Å²) in [6.45, 7) is 7.51. The summed E-state index contributed by atoms with van der Waals surface area (Å²) >= 11 is 0. The van der Waals surface area contributed by atoms with Gasteiger partial charge in [-0.05, 0) is 26.3 Å². The van der Waals surface area contributed by atoms with E-state index in [9.17, 15) is 4.39 Å². The summed E-state index contributed by atoms with van der Waals surface area (Å²) in [6, 6.07) is 0. The van der Waals surface area contributed by atoms with E-state index >= 15 is 0 Å². The molecule has 0 saturated carbocycles. The number of rotatable bonds is 6. The van der Waals surface area contributed by atoms with Crippen LogP contribution in [0, 0.1) is 13.8 Å². The Morgan fingerprint density at radius 3 is 2.55 bits per heavy atom. The third-order valence-electron chi connectivity index (χ3n) is 3.30. The first-order valence-corrected chi connectivity index (χ1v) is 6.50. The summed E-state index contributed by atoms with van der Waals surface area (Å²) in [5, 5.41) is 11.8. The highest BCUT2D eigenvalue weighted by atomic mass is 35.5. The van der Waals surface area contributed by atoms with E-state index in [-0.39, 0.29) is 12.4 Å². The Kier molecular flexibility index (Phi) is 6.01. The maximum atomic E-state index is 12.3. The highest BCUT2D eigenvalue weighted by Gasteiger charge is 2.09. The van der Waals surface area contributed by atoms with Crippen LogP contribution < -0.4 is 5.32 Å². The van der Waals surface area contributed by atoms with E-state index < -0.39 is 6.67 Å². The van der Waals surface area contributed by atoms with Crippen molar-refractivity contribution in [3.8, 4) is 0 Å². The van der Waals surface area contributed by atoms with Crippen LogP contribution in [0.2, 0.25) is 0 Å². The van der Waals surface area contributed by atoms with Gasteiger partial charge in [0.05, 0.1) is 42.6 Å². The lowest BCUT2D eigenvalue weighted by Gasteiger charge is -2.09. The van der Waals surface area contributed by atoms with Gasteiger partial charge < -0.3 is 5.32 Å². The van der Waals surface area contributed by atoms with Crippen molar-refractivity contribution in [1.82, 2.24) is 19.6 Å². The zero-order valence-corrected chi connectivity index (χ0v) is 12.9. The van der Waals surface area contributed by atoms with Crippen LogP contribution in [0.15, 0.2) is 12.4 Å². The molecule has 5 nitrogen and oxygen atoms in total. The number of aryl methyl sites for hydroxylation is 3. The van der Waals surface area contributed by atoms with Gasteiger partial charge in [0.25, 0.3) is 0 Å². The normalized spacial score (nSPS) is 10.4. The van der Waals surface area contributed by atoms with Crippen LogP contribution in [0.1, 0.15) is 23.9 Å². The van der Waals surface area contributed by atoms with Gasteiger partial charge in [0.1, 0.15) is 6.67 Å². The molecule has 0 radical (unpaired) electrons. The van der Waals surface area contributed by atoms with E-state index in [1.54, 1.807) is 10.9 Å². The van der Waals surface area contributed by atoms with E-state index in [1.807, 2.05) is 17.8 Å². The number of hydrogen-bond acceptors (Lipinski definition) is 3. The molecule has 0 fully saturated rings. The van der Waals surface area contributed by atoms with Crippen LogP contribution in [0.4, 0.5) is 10.1 Å². The standard InChI is InChI=1S/C13H20FN5.ClH/c1-4-18-13(10(2)7-16-18)9-15-12-8-17-19(6-5-14)11(12)3;/h7-8,15H,4-6,9H2,1-3H3;1H. The van der Waals surface area contributed by atoms with Gasteiger partial charge in [0, 0.05) is 6.54 Å². The van der Waals surface area contributed by atoms with E-state index in [0.717, 1.165) is 17.9 Å². The minimum atomic E-state index is -0.399. The van der Waals surface area contributed by atoms with Crippen molar-refractivity contribution < 1.29 is 4.39 Å². The predicted molar refractivity (Wildman–Crippen MR) is 80.2 cm³/mol. The zero-order chi connectivity index (χ0) is 13.8. The molecule has 0 unspecified atom stereocenters. The van der Waals surface area contributed by atoms with Gasteiger partial charge in [-0.1, -0.05) is 0 Å². The van der Waals surface area contributed by atoms with Crippen molar-refractivity contribution in [1.29, 1.82) is 0 Å². The summed E-state index contributed by atoms with van der Waals surface area (Å²) in [6.07, 6.45) is 3.62. The third-order valence-corrected chi connectivity index (χ3v) is 3.30. The first-order valence-electron chi connectivity index (χ1n) is 6.50. The van der Waals surface area contributed by atoms with Crippen molar-refractivity contribution in [2.75, 3.05) is 12.0 Å². The molecule has 2 aromatic heterocycles. The number of nitrogens with one attached hydrogen (secondary N) is 1. The quantitative estimate of drug-likeness (QED) is 0.892. The molecule has 20 heavy (non-hydrogen) atoms. The van der Waals surface area contributed by atoms with Crippen LogP contribution in [0.3, 0.4) is 0 Å². The van der Waals surface area contributed by atoms with E-state index in [0.29, 0.717) is 13.1 Å². The Labute approximate surface area is 124 Å². The molecule has 112 valence electrons. The first kappa shape index (κ1) is 16.5. The Bertz CT molecular complexity index is 549. The molecule has 0 aliphatic heterocycles. The molecule has 0 aliphatic carbocycles. The lowest BCUT2D eigenvalue weighted by Crippen LogP contribution is -2.10. The number of alkyl halides is 1. The SMILES string of the molecule is CCn1ncc(C)c1CNc1cnn(CCF)c1C.Cl. The van der Waals surface area contributed by atoms with Crippen molar-refractivity contribution in [3.05, 3.63) is 29.3 Å². The molecule has 1 N–H and O–H groups in total. The monoisotopic (exact) mass is 301 g/mol. The van der Waals surface area contributed by atoms with Crippen LogP contribution in [0.5, 0.6) is 0 Å². The summed E-state index contributed by atoms with van der Waals surface area (Å²) < 4.78 is 16.0. The molecule has 2 heterocycles. The second-order valence-electron chi connectivity index (χ2n) is 4.50. The van der Waals surface area contributed by atoms with Gasteiger partial charge >= 0.3 is 0 Å². The third kappa shape index (κ3) is 3.30. The molecule has 7 heteroatoms. The Hall–Kier alpha value is -1.56. The Morgan fingerprint density at radius 2 is 1.90 bits per heavy atom. The highest BCUT2D eigenvalue weighted by Crippen LogP contribution is 2.16. The second-order valence-corrected chi connectivity index (χ2v) is 4.50. The van der Waals surface area contributed by atoms with Gasteiger partial charge in [-0.2, -0.15) is 10.2 Å². The van der Waals surface area contributed by atoms with Gasteiger partial charge in [-0.25, -0.2) is 4.39 Å². The molecule has 0 aliphatic rings. The minimum absolute atomic E-state index is 0. The molecule has 2 rings (SSSR count). The van der Waals surface area contributed by atoms with Gasteiger partial charge in [-0.15, -0.1) is 12.4 Å². The summed E-state index contributed by atoms with van der Waals surface area (Å²) in [4.78, 5) is 0. The summed E-state index contributed by atoms with van der Waals surface area (Å²) in [5.74, 6) is 0. The van der Waals surface area contributed by atoms with Crippen molar-refractivity contribution >= 4 is 18.1 Å². The fourth-order valence-electron chi connectivity index (χ4n) is 2.11. The lowest BCUT2D eigenvalue weighted by molar-refractivity contribution is 0.423. The molecule has 0 saturated heterocycles. The zero-order valence-electron chi connectivity index (χ0n) is 12.1. The first-order chi connectivity index (χ1) is 9.17.